The molecule has 0 saturated heterocycles. The van der Waals surface area contributed by atoms with Crippen LogP contribution in [0.3, 0.4) is 0 Å². The quantitative estimate of drug-likeness (QED) is 0.156. The Morgan fingerprint density at radius 2 is 0.746 bits per heavy atom. The molecule has 0 unspecified atom stereocenters. The summed E-state index contributed by atoms with van der Waals surface area (Å²) in [5.41, 5.74) is 15.6. The number of aromatic nitrogens is 3. The molecule has 0 saturated carbocycles. The molecule has 0 N–H and O–H groups in total. The summed E-state index contributed by atoms with van der Waals surface area (Å²) in [6.07, 6.45) is 5.53. The minimum Gasteiger partial charge on any atom is -0.305 e. The van der Waals surface area contributed by atoms with Crippen LogP contribution >= 0.6 is 0 Å². The predicted octanol–water partition coefficient (Wildman–Crippen LogP) is 13.3. The molecule has 3 radical (unpaired) electrons. The number of rotatable bonds is 6. The Hall–Kier alpha value is -5.28. The summed E-state index contributed by atoms with van der Waals surface area (Å²) >= 11 is 0. The van der Waals surface area contributed by atoms with Crippen LogP contribution in [-0.4, -0.2) is 15.0 Å². The van der Waals surface area contributed by atoms with Gasteiger partial charge in [0.05, 0.1) is 0 Å². The van der Waals surface area contributed by atoms with Crippen molar-refractivity contribution in [3.05, 3.63) is 236 Å². The second-order valence-corrected chi connectivity index (χ2v) is 13.2. The van der Waals surface area contributed by atoms with Crippen molar-refractivity contribution in [2.75, 3.05) is 0 Å². The van der Waals surface area contributed by atoms with Crippen molar-refractivity contribution < 1.29 is 60.3 Å². The van der Waals surface area contributed by atoms with Crippen molar-refractivity contribution in [1.29, 1.82) is 0 Å². The Kier molecular flexibility index (Phi) is 18.8. The van der Waals surface area contributed by atoms with E-state index in [4.69, 9.17) is 0 Å². The van der Waals surface area contributed by atoms with Gasteiger partial charge in [0.1, 0.15) is 0 Å². The summed E-state index contributed by atoms with van der Waals surface area (Å²) in [5, 5.41) is 0. The van der Waals surface area contributed by atoms with Crippen LogP contribution in [0.15, 0.2) is 207 Å². The fraction of sp³-hybridized carbons (Fsp3) is 0.0377. The molecule has 0 aliphatic heterocycles. The molecule has 0 spiro atoms. The number of hydrogen-bond donors (Lipinski definition) is 0. The molecule has 3 aromatic heterocycles. The second kappa shape index (κ2) is 24.0. The van der Waals surface area contributed by atoms with Crippen molar-refractivity contribution in [2.24, 2.45) is 0 Å². The average molecular weight is 1300 g/mol. The molecular weight excluding hydrogens is 1260 g/mol. The number of benzene rings is 6. The molecule has 0 aliphatic rings. The van der Waals surface area contributed by atoms with Gasteiger partial charge >= 0.3 is 0 Å². The molecule has 297 valence electrons. The van der Waals surface area contributed by atoms with E-state index in [0.29, 0.717) is 0 Å². The molecule has 9 aromatic rings. The Bertz CT molecular complexity index is 2530. The van der Waals surface area contributed by atoms with Crippen LogP contribution in [0.2, 0.25) is 0 Å². The van der Waals surface area contributed by atoms with Crippen LogP contribution in [-0.2, 0) is 60.3 Å². The molecule has 6 aromatic carbocycles. The van der Waals surface area contributed by atoms with E-state index in [1.165, 1.54) is 44.5 Å². The average Bonchev–Trinajstić information content (AvgIpc) is 3.28. The van der Waals surface area contributed by atoms with Gasteiger partial charge in [0.15, 0.2) is 0 Å². The minimum absolute atomic E-state index is 0. The van der Waals surface area contributed by atoms with Gasteiger partial charge in [-0.15, -0.1) is 106 Å². The zero-order chi connectivity index (χ0) is 38.4. The molecule has 0 atom stereocenters. The number of hydrogen-bond acceptors (Lipinski definition) is 3. The van der Waals surface area contributed by atoms with Gasteiger partial charge in [0.2, 0.25) is 0 Å². The molecule has 3 heterocycles. The summed E-state index contributed by atoms with van der Waals surface area (Å²) < 4.78 is 0. The minimum atomic E-state index is 0. The largest absolute Gasteiger partial charge is 0.305 e. The van der Waals surface area contributed by atoms with E-state index in [9.17, 15) is 0 Å². The monoisotopic (exact) mass is 1300 g/mol. The van der Waals surface area contributed by atoms with Gasteiger partial charge in [-0.2, -0.15) is 0 Å². The van der Waals surface area contributed by atoms with Gasteiger partial charge in [-0.1, -0.05) is 127 Å². The van der Waals surface area contributed by atoms with Crippen molar-refractivity contribution in [3.8, 4) is 67.2 Å². The maximum Gasteiger partial charge on any atom is 0.0190 e. The van der Waals surface area contributed by atoms with E-state index in [-0.39, 0.29) is 60.3 Å². The van der Waals surface area contributed by atoms with Crippen LogP contribution in [0, 0.1) is 32.0 Å². The SMILES string of the molecule is Cc1ccc(-c2[c-]ccc(-c3ccccc3)c2)nc1.Cc1ccnc(-c2[c-]ccc(-c3ccccc3)c2)c1.[Ir].[Ir].[Ir].[c-]1ccc(-c2ccccc2)cc1-c1ccccn1. The Labute approximate surface area is 389 Å². The summed E-state index contributed by atoms with van der Waals surface area (Å²) in [4.78, 5) is 13.2. The Morgan fingerprint density at radius 1 is 0.322 bits per heavy atom. The van der Waals surface area contributed by atoms with Crippen LogP contribution < -0.4 is 0 Å². The number of pyridine rings is 3. The zero-order valence-corrected chi connectivity index (χ0v) is 39.7. The van der Waals surface area contributed by atoms with Gasteiger partial charge in [-0.25, -0.2) is 0 Å². The zero-order valence-electron chi connectivity index (χ0n) is 32.5. The second-order valence-electron chi connectivity index (χ2n) is 13.2. The van der Waals surface area contributed by atoms with Gasteiger partial charge < -0.3 is 15.0 Å². The number of nitrogens with zero attached hydrogens (tertiary/aromatic N) is 3. The van der Waals surface area contributed by atoms with Crippen LogP contribution in [0.5, 0.6) is 0 Å². The Balaban J connectivity index is 0.000000191. The third-order valence-corrected chi connectivity index (χ3v) is 9.05. The topological polar surface area (TPSA) is 38.7 Å². The molecule has 6 heteroatoms. The third-order valence-electron chi connectivity index (χ3n) is 9.05. The van der Waals surface area contributed by atoms with E-state index in [0.717, 1.165) is 33.8 Å². The first-order valence-corrected chi connectivity index (χ1v) is 18.6. The number of aryl methyl sites for hydroxylation is 2. The molecule has 3 nitrogen and oxygen atoms in total. The fourth-order valence-electron chi connectivity index (χ4n) is 6.11. The van der Waals surface area contributed by atoms with Crippen LogP contribution in [0.4, 0.5) is 0 Å². The van der Waals surface area contributed by atoms with Gasteiger partial charge in [-0.3, -0.25) is 0 Å². The maximum absolute atomic E-state index is 4.45. The van der Waals surface area contributed by atoms with E-state index >= 15 is 0 Å². The van der Waals surface area contributed by atoms with Crippen molar-refractivity contribution in [2.45, 2.75) is 13.8 Å². The van der Waals surface area contributed by atoms with E-state index in [2.05, 4.69) is 149 Å². The molecule has 0 fully saturated rings. The first-order chi connectivity index (χ1) is 27.6. The van der Waals surface area contributed by atoms with E-state index < -0.39 is 0 Å². The van der Waals surface area contributed by atoms with Crippen molar-refractivity contribution >= 4 is 0 Å². The molecule has 0 bridgehead atoms. The van der Waals surface area contributed by atoms with Gasteiger partial charge in [-0.05, 0) is 65.3 Å². The summed E-state index contributed by atoms with van der Waals surface area (Å²) in [6.45, 7) is 4.12. The molecule has 0 aliphatic carbocycles. The van der Waals surface area contributed by atoms with Crippen LogP contribution in [0.1, 0.15) is 11.1 Å². The smallest absolute Gasteiger partial charge is 0.0190 e. The molecule has 59 heavy (non-hydrogen) atoms. The normalized spacial score (nSPS) is 9.80. The maximum atomic E-state index is 4.45. The fourth-order valence-corrected chi connectivity index (χ4v) is 6.11. The third kappa shape index (κ3) is 13.4. The summed E-state index contributed by atoms with van der Waals surface area (Å²) in [6, 6.07) is 73.4. The van der Waals surface area contributed by atoms with Crippen LogP contribution in [0.25, 0.3) is 67.2 Å². The van der Waals surface area contributed by atoms with Crippen molar-refractivity contribution in [3.63, 3.8) is 0 Å². The molecule has 0 amide bonds. The molecule has 9 rings (SSSR count). The first-order valence-electron chi connectivity index (χ1n) is 18.6. The van der Waals surface area contributed by atoms with Crippen molar-refractivity contribution in [1.82, 2.24) is 15.0 Å². The summed E-state index contributed by atoms with van der Waals surface area (Å²) in [7, 11) is 0. The summed E-state index contributed by atoms with van der Waals surface area (Å²) in [5.74, 6) is 0. The molecular formula is C53H40Ir3N3-3. The van der Waals surface area contributed by atoms with E-state index in [1.807, 2.05) is 98.2 Å². The standard InChI is InChI=1S/2C18H14N.C17H12N.3Ir/c1-14-10-11-18(19-13-14)17-9-5-8-16(12-17)15-6-3-2-4-7-15;1-14-10-11-19-18(12-14)17-9-5-8-16(13-17)15-6-3-2-4-7-15;1-2-7-14(8-3-1)15-9-6-10-16(13-15)17-11-4-5-12-18-17;;;/h2*2-8,10-13H,1H3;1-9,11-13H;;;/q3*-1;;;. The Morgan fingerprint density at radius 3 is 1.15 bits per heavy atom. The van der Waals surface area contributed by atoms with Gasteiger partial charge in [0.25, 0.3) is 0 Å². The van der Waals surface area contributed by atoms with Gasteiger partial charge in [0, 0.05) is 78.9 Å². The van der Waals surface area contributed by atoms with E-state index in [1.54, 1.807) is 6.20 Å². The predicted molar refractivity (Wildman–Crippen MR) is 231 cm³/mol. The first kappa shape index (κ1) is 46.4.